The Balaban J connectivity index is 1.98. The van der Waals surface area contributed by atoms with Gasteiger partial charge in [0.15, 0.2) is 0 Å². The van der Waals surface area contributed by atoms with E-state index in [0.29, 0.717) is 17.5 Å². The third kappa shape index (κ3) is 3.43. The number of nitrogens with zero attached hydrogens (tertiary/aromatic N) is 6. The fourth-order valence-electron chi connectivity index (χ4n) is 1.88. The number of nitrogen functional groups attached to an aromatic ring is 1. The number of nitrogens with two attached hydrogens (primary N) is 1. The van der Waals surface area contributed by atoms with Crippen molar-refractivity contribution in [2.24, 2.45) is 17.3 Å². The van der Waals surface area contributed by atoms with Gasteiger partial charge in [-0.3, -0.25) is 0 Å². The molecule has 7 heteroatoms. The van der Waals surface area contributed by atoms with E-state index >= 15 is 0 Å². The molecule has 0 aliphatic carbocycles. The number of unbranched alkanes of at least 4 members (excludes halogenated alkanes) is 3. The zero-order valence-electron chi connectivity index (χ0n) is 12.0. The minimum atomic E-state index is 0.542. The van der Waals surface area contributed by atoms with E-state index in [0.717, 1.165) is 13.0 Å². The van der Waals surface area contributed by atoms with Crippen molar-refractivity contribution < 1.29 is 0 Å². The first-order valence-corrected chi connectivity index (χ1v) is 6.92. The molecule has 2 aromatic rings. The molecular formula is C13H21N7. The molecule has 0 aromatic carbocycles. The molecule has 7 nitrogen and oxygen atoms in total. The fraction of sp³-hybridized carbons (Fsp3) is 0.538. The summed E-state index contributed by atoms with van der Waals surface area (Å²) in [5.41, 5.74) is 6.60. The van der Waals surface area contributed by atoms with Crippen molar-refractivity contribution in [2.75, 3.05) is 5.73 Å². The molecule has 0 atom stereocenters. The predicted octanol–water partition coefficient (Wildman–Crippen LogP) is 3.19. The molecule has 0 radical (unpaired) electrons. The summed E-state index contributed by atoms with van der Waals surface area (Å²) in [7, 11) is 1.86. The van der Waals surface area contributed by atoms with E-state index in [1.807, 2.05) is 13.2 Å². The summed E-state index contributed by atoms with van der Waals surface area (Å²) in [6, 6.07) is 0. The number of rotatable bonds is 7. The molecule has 20 heavy (non-hydrogen) atoms. The SMILES string of the molecule is CCCCCCn1ncc(/N=N/c2nccn2C)c1N. The molecule has 2 N–H and O–H groups in total. The zero-order chi connectivity index (χ0) is 14.4. The number of hydrogen-bond acceptors (Lipinski definition) is 5. The number of aromatic nitrogens is 4. The Bertz CT molecular complexity index is 567. The lowest BCUT2D eigenvalue weighted by Gasteiger charge is -2.03. The van der Waals surface area contributed by atoms with Crippen LogP contribution in [0, 0.1) is 0 Å². The molecule has 2 rings (SSSR count). The molecule has 0 unspecified atom stereocenters. The van der Waals surface area contributed by atoms with Crippen molar-refractivity contribution >= 4 is 17.5 Å². The van der Waals surface area contributed by atoms with Gasteiger partial charge in [-0.1, -0.05) is 26.2 Å². The Morgan fingerprint density at radius 2 is 2.10 bits per heavy atom. The average Bonchev–Trinajstić information content (AvgIpc) is 3.00. The molecule has 0 spiro atoms. The van der Waals surface area contributed by atoms with E-state index in [9.17, 15) is 0 Å². The minimum absolute atomic E-state index is 0.542. The smallest absolute Gasteiger partial charge is 0.249 e. The highest BCUT2D eigenvalue weighted by atomic mass is 15.3. The van der Waals surface area contributed by atoms with Gasteiger partial charge in [-0.05, 0) is 6.42 Å². The van der Waals surface area contributed by atoms with E-state index in [2.05, 4.69) is 27.2 Å². The summed E-state index contributed by atoms with van der Waals surface area (Å²) in [5, 5.41) is 12.4. The molecule has 0 bridgehead atoms. The molecule has 0 fully saturated rings. The van der Waals surface area contributed by atoms with Crippen LogP contribution in [0.4, 0.5) is 17.5 Å². The summed E-state index contributed by atoms with van der Waals surface area (Å²) in [4.78, 5) is 4.07. The molecule has 2 aromatic heterocycles. The maximum absolute atomic E-state index is 6.02. The third-order valence-corrected chi connectivity index (χ3v) is 3.13. The Kier molecular flexibility index (Phi) is 4.86. The Labute approximate surface area is 118 Å². The van der Waals surface area contributed by atoms with E-state index in [1.54, 1.807) is 21.6 Å². The van der Waals surface area contributed by atoms with Crippen molar-refractivity contribution in [1.82, 2.24) is 19.3 Å². The minimum Gasteiger partial charge on any atom is -0.382 e. The quantitative estimate of drug-likeness (QED) is 0.621. The highest BCUT2D eigenvalue weighted by Gasteiger charge is 2.06. The summed E-state index contributed by atoms with van der Waals surface area (Å²) < 4.78 is 3.57. The summed E-state index contributed by atoms with van der Waals surface area (Å²) in [6.45, 7) is 3.02. The monoisotopic (exact) mass is 275 g/mol. The van der Waals surface area contributed by atoms with Crippen LogP contribution in [-0.2, 0) is 13.6 Å². The molecule has 0 aliphatic rings. The maximum Gasteiger partial charge on any atom is 0.249 e. The molecular weight excluding hydrogens is 254 g/mol. The van der Waals surface area contributed by atoms with Gasteiger partial charge in [-0.25, -0.2) is 9.67 Å². The van der Waals surface area contributed by atoms with Crippen molar-refractivity contribution in [3.05, 3.63) is 18.6 Å². The maximum atomic E-state index is 6.02. The molecule has 2 heterocycles. The Morgan fingerprint density at radius 3 is 2.80 bits per heavy atom. The lowest BCUT2D eigenvalue weighted by molar-refractivity contribution is 0.547. The van der Waals surface area contributed by atoms with E-state index < -0.39 is 0 Å². The van der Waals surface area contributed by atoms with E-state index in [4.69, 9.17) is 5.73 Å². The van der Waals surface area contributed by atoms with Crippen LogP contribution < -0.4 is 5.73 Å². The lowest BCUT2D eigenvalue weighted by Crippen LogP contribution is -2.04. The summed E-state index contributed by atoms with van der Waals surface area (Å²) in [6.07, 6.45) is 9.87. The molecule has 0 amide bonds. The lowest BCUT2D eigenvalue weighted by atomic mass is 10.2. The molecule has 0 saturated heterocycles. The van der Waals surface area contributed by atoms with Gasteiger partial charge in [0.05, 0.1) is 6.20 Å². The van der Waals surface area contributed by atoms with Crippen LogP contribution in [-0.4, -0.2) is 19.3 Å². The van der Waals surface area contributed by atoms with Gasteiger partial charge in [-0.15, -0.1) is 10.2 Å². The highest BCUT2D eigenvalue weighted by molar-refractivity contribution is 5.56. The van der Waals surface area contributed by atoms with Gasteiger partial charge in [0, 0.05) is 26.0 Å². The Hall–Kier alpha value is -2.18. The van der Waals surface area contributed by atoms with Gasteiger partial charge in [0.25, 0.3) is 0 Å². The average molecular weight is 275 g/mol. The second-order valence-electron chi connectivity index (χ2n) is 4.74. The predicted molar refractivity (Wildman–Crippen MR) is 78.2 cm³/mol. The van der Waals surface area contributed by atoms with Gasteiger partial charge < -0.3 is 10.3 Å². The van der Waals surface area contributed by atoms with Crippen LogP contribution in [0.5, 0.6) is 0 Å². The van der Waals surface area contributed by atoms with E-state index in [-0.39, 0.29) is 0 Å². The normalized spacial score (nSPS) is 11.5. The first-order chi connectivity index (χ1) is 9.72. The highest BCUT2D eigenvalue weighted by Crippen LogP contribution is 2.23. The second-order valence-corrected chi connectivity index (χ2v) is 4.74. The van der Waals surface area contributed by atoms with Crippen molar-refractivity contribution in [3.63, 3.8) is 0 Å². The van der Waals surface area contributed by atoms with E-state index in [1.165, 1.54) is 19.3 Å². The van der Waals surface area contributed by atoms with Crippen molar-refractivity contribution in [2.45, 2.75) is 39.2 Å². The van der Waals surface area contributed by atoms with Crippen LogP contribution in [0.15, 0.2) is 28.8 Å². The van der Waals surface area contributed by atoms with Crippen LogP contribution in [0.1, 0.15) is 32.6 Å². The number of hydrogen-bond donors (Lipinski definition) is 1. The first kappa shape index (κ1) is 14.2. The topological polar surface area (TPSA) is 86.4 Å². The summed E-state index contributed by atoms with van der Waals surface area (Å²) >= 11 is 0. The van der Waals surface area contributed by atoms with Gasteiger partial charge in [-0.2, -0.15) is 5.10 Å². The fourth-order valence-corrected chi connectivity index (χ4v) is 1.88. The zero-order valence-corrected chi connectivity index (χ0v) is 12.0. The van der Waals surface area contributed by atoms with Crippen LogP contribution in [0.25, 0.3) is 0 Å². The number of anilines is 1. The largest absolute Gasteiger partial charge is 0.382 e. The first-order valence-electron chi connectivity index (χ1n) is 6.92. The van der Waals surface area contributed by atoms with Gasteiger partial charge in [0.1, 0.15) is 11.5 Å². The van der Waals surface area contributed by atoms with Crippen LogP contribution in [0.2, 0.25) is 0 Å². The number of azo groups is 1. The van der Waals surface area contributed by atoms with Crippen LogP contribution >= 0.6 is 0 Å². The molecule has 108 valence electrons. The van der Waals surface area contributed by atoms with Gasteiger partial charge in [0.2, 0.25) is 5.95 Å². The second kappa shape index (κ2) is 6.83. The standard InChI is InChI=1S/C13H21N7/c1-3-4-5-6-8-20-12(14)11(10-16-20)17-18-13-15-7-9-19(13)2/h7,9-10H,3-6,8,14H2,1-2H3/b18-17+. The van der Waals surface area contributed by atoms with Gasteiger partial charge >= 0.3 is 0 Å². The van der Waals surface area contributed by atoms with Crippen molar-refractivity contribution in [3.8, 4) is 0 Å². The number of imidazole rings is 1. The molecule has 0 aliphatic heterocycles. The summed E-state index contributed by atoms with van der Waals surface area (Å²) in [5.74, 6) is 1.10. The Morgan fingerprint density at radius 1 is 1.25 bits per heavy atom. The molecule has 0 saturated carbocycles. The number of aryl methyl sites for hydroxylation is 2. The van der Waals surface area contributed by atoms with Crippen LogP contribution in [0.3, 0.4) is 0 Å². The third-order valence-electron chi connectivity index (χ3n) is 3.13. The van der Waals surface area contributed by atoms with Crippen molar-refractivity contribution in [1.29, 1.82) is 0 Å².